The van der Waals surface area contributed by atoms with Gasteiger partial charge in [0.2, 0.25) is 5.91 Å². The Hall–Kier alpha value is -0.790. The smallest absolute Gasteiger partial charge is 0.246 e. The molecule has 0 aromatic carbocycles. The largest absolute Gasteiger partial charge is 0.336 e. The predicted octanol–water partition coefficient (Wildman–Crippen LogP) is 1.33. The first kappa shape index (κ1) is 6.89. The lowest BCUT2D eigenvalue weighted by molar-refractivity contribution is -0.124. The van der Waals surface area contributed by atoms with Crippen molar-refractivity contribution in [3.8, 4) is 0 Å². The van der Waals surface area contributed by atoms with Crippen LogP contribution in [-0.4, -0.2) is 23.9 Å². The maximum atomic E-state index is 11.2. The minimum absolute atomic E-state index is 0.201. The molecule has 0 spiro atoms. The first-order chi connectivity index (χ1) is 5.29. The lowest BCUT2D eigenvalue weighted by Gasteiger charge is -2.26. The highest BCUT2D eigenvalue weighted by Gasteiger charge is 2.30. The van der Waals surface area contributed by atoms with Crippen molar-refractivity contribution in [3.63, 3.8) is 0 Å². The molecule has 0 bridgehead atoms. The minimum atomic E-state index is 0.201. The second kappa shape index (κ2) is 2.36. The van der Waals surface area contributed by atoms with Crippen molar-refractivity contribution in [2.75, 3.05) is 7.05 Å². The van der Waals surface area contributed by atoms with E-state index in [4.69, 9.17) is 0 Å². The summed E-state index contributed by atoms with van der Waals surface area (Å²) >= 11 is 0. The summed E-state index contributed by atoms with van der Waals surface area (Å²) in [6.07, 6.45) is 6.68. The highest BCUT2D eigenvalue weighted by Crippen LogP contribution is 2.31. The van der Waals surface area contributed by atoms with Crippen molar-refractivity contribution < 1.29 is 4.79 Å². The molecule has 2 nitrogen and oxygen atoms in total. The van der Waals surface area contributed by atoms with Crippen LogP contribution in [0.25, 0.3) is 0 Å². The molecule has 0 saturated heterocycles. The van der Waals surface area contributed by atoms with E-state index in [1.807, 2.05) is 18.0 Å². The highest BCUT2D eigenvalue weighted by molar-refractivity contribution is 5.91. The minimum Gasteiger partial charge on any atom is -0.336 e. The van der Waals surface area contributed by atoms with Gasteiger partial charge in [-0.2, -0.15) is 0 Å². The quantitative estimate of drug-likeness (QED) is 0.511. The van der Waals surface area contributed by atoms with Crippen molar-refractivity contribution >= 4 is 5.91 Å². The number of nitrogens with zero attached hydrogens (tertiary/aromatic N) is 1. The van der Waals surface area contributed by atoms with E-state index in [0.717, 1.165) is 6.42 Å². The lowest BCUT2D eigenvalue weighted by Crippen LogP contribution is -2.32. The highest BCUT2D eigenvalue weighted by atomic mass is 16.2. The van der Waals surface area contributed by atoms with Crippen molar-refractivity contribution in [2.24, 2.45) is 0 Å². The van der Waals surface area contributed by atoms with Gasteiger partial charge in [0, 0.05) is 13.1 Å². The third-order valence-corrected chi connectivity index (χ3v) is 2.75. The fraction of sp³-hybridized carbons (Fsp3) is 0.667. The first-order valence-electron chi connectivity index (χ1n) is 4.26. The maximum Gasteiger partial charge on any atom is 0.246 e. The summed E-state index contributed by atoms with van der Waals surface area (Å²) in [5.74, 6) is 0.201. The molecular weight excluding hydrogens is 138 g/mol. The van der Waals surface area contributed by atoms with Gasteiger partial charge in [0.1, 0.15) is 0 Å². The van der Waals surface area contributed by atoms with Gasteiger partial charge in [0.15, 0.2) is 0 Å². The van der Waals surface area contributed by atoms with Gasteiger partial charge in [-0.15, -0.1) is 0 Å². The average Bonchev–Trinajstić information content (AvgIpc) is 2.30. The Labute approximate surface area is 66.9 Å². The molecule has 1 unspecified atom stereocenters. The van der Waals surface area contributed by atoms with Crippen molar-refractivity contribution in [1.29, 1.82) is 0 Å². The zero-order valence-corrected chi connectivity index (χ0v) is 6.84. The number of carbonyl (C=O) groups excluding carboxylic acids is 1. The number of amides is 1. The topological polar surface area (TPSA) is 20.3 Å². The fourth-order valence-electron chi connectivity index (χ4n) is 2.04. The molecule has 1 amide bonds. The zero-order chi connectivity index (χ0) is 7.84. The van der Waals surface area contributed by atoms with E-state index in [1.165, 1.54) is 24.8 Å². The third kappa shape index (κ3) is 0.971. The summed E-state index contributed by atoms with van der Waals surface area (Å²) in [5, 5.41) is 0. The summed E-state index contributed by atoms with van der Waals surface area (Å²) in [7, 11) is 1.90. The van der Waals surface area contributed by atoms with Gasteiger partial charge in [-0.1, -0.05) is 6.42 Å². The molecule has 0 aromatic heterocycles. The molecule has 1 fully saturated rings. The van der Waals surface area contributed by atoms with E-state index in [-0.39, 0.29) is 5.91 Å². The fourth-order valence-corrected chi connectivity index (χ4v) is 2.04. The van der Waals surface area contributed by atoms with Crippen LogP contribution in [0.5, 0.6) is 0 Å². The van der Waals surface area contributed by atoms with Crippen LogP contribution in [0.2, 0.25) is 0 Å². The first-order valence-corrected chi connectivity index (χ1v) is 4.26. The van der Waals surface area contributed by atoms with Crippen molar-refractivity contribution in [2.45, 2.75) is 31.7 Å². The average molecular weight is 151 g/mol. The van der Waals surface area contributed by atoms with Crippen molar-refractivity contribution in [1.82, 2.24) is 4.90 Å². The Morgan fingerprint density at radius 1 is 1.55 bits per heavy atom. The Bertz CT molecular complexity index is 220. The lowest BCUT2D eigenvalue weighted by atomic mass is 9.91. The van der Waals surface area contributed by atoms with Gasteiger partial charge in [-0.25, -0.2) is 0 Å². The van der Waals surface area contributed by atoms with E-state index < -0.39 is 0 Å². The SMILES string of the molecule is CN1C(=O)C=C2CCCCC21. The van der Waals surface area contributed by atoms with Crippen molar-refractivity contribution in [3.05, 3.63) is 11.6 Å². The monoisotopic (exact) mass is 151 g/mol. The molecule has 0 N–H and O–H groups in total. The Kier molecular flexibility index (Phi) is 1.48. The molecule has 2 aliphatic rings. The van der Waals surface area contributed by atoms with E-state index in [0.29, 0.717) is 6.04 Å². The molecule has 11 heavy (non-hydrogen) atoms. The molecule has 0 radical (unpaired) electrons. The molecule has 1 aliphatic carbocycles. The molecule has 2 heteroatoms. The van der Waals surface area contributed by atoms with Crippen LogP contribution in [0.15, 0.2) is 11.6 Å². The number of rotatable bonds is 0. The number of hydrogen-bond donors (Lipinski definition) is 0. The Morgan fingerprint density at radius 3 is 3.09 bits per heavy atom. The van der Waals surface area contributed by atoms with E-state index in [9.17, 15) is 4.79 Å². The molecule has 60 valence electrons. The van der Waals surface area contributed by atoms with Crippen LogP contribution in [-0.2, 0) is 4.79 Å². The summed E-state index contributed by atoms with van der Waals surface area (Å²) in [6.45, 7) is 0. The summed E-state index contributed by atoms with van der Waals surface area (Å²) in [5.41, 5.74) is 1.36. The summed E-state index contributed by atoms with van der Waals surface area (Å²) < 4.78 is 0. The number of hydrogen-bond acceptors (Lipinski definition) is 1. The molecule has 1 aliphatic heterocycles. The van der Waals surface area contributed by atoms with Crippen LogP contribution in [0.1, 0.15) is 25.7 Å². The number of carbonyl (C=O) groups is 1. The summed E-state index contributed by atoms with van der Waals surface area (Å²) in [4.78, 5) is 13.1. The Balaban J connectivity index is 2.22. The Morgan fingerprint density at radius 2 is 2.36 bits per heavy atom. The van der Waals surface area contributed by atoms with Crippen LogP contribution in [0.4, 0.5) is 0 Å². The normalized spacial score (nSPS) is 30.3. The van der Waals surface area contributed by atoms with Gasteiger partial charge in [-0.05, 0) is 24.8 Å². The number of likely N-dealkylation sites (N-methyl/N-ethyl adjacent to an activating group) is 1. The zero-order valence-electron chi connectivity index (χ0n) is 6.84. The van der Waals surface area contributed by atoms with Crippen LogP contribution < -0.4 is 0 Å². The number of fused-ring (bicyclic) bond motifs is 1. The third-order valence-electron chi connectivity index (χ3n) is 2.75. The van der Waals surface area contributed by atoms with Crippen LogP contribution >= 0.6 is 0 Å². The second-order valence-corrected chi connectivity index (χ2v) is 3.43. The van der Waals surface area contributed by atoms with Crippen LogP contribution in [0, 0.1) is 0 Å². The predicted molar refractivity (Wildman–Crippen MR) is 43.1 cm³/mol. The van der Waals surface area contributed by atoms with Gasteiger partial charge in [-0.3, -0.25) is 4.79 Å². The van der Waals surface area contributed by atoms with E-state index in [2.05, 4.69) is 0 Å². The standard InChI is InChI=1S/C9H13NO/c1-10-8-5-3-2-4-7(8)6-9(10)11/h6,8H,2-5H2,1H3. The molecular formula is C9H13NO. The van der Waals surface area contributed by atoms with Crippen LogP contribution in [0.3, 0.4) is 0 Å². The molecule has 0 aromatic rings. The molecule has 1 heterocycles. The van der Waals surface area contributed by atoms with Gasteiger partial charge in [0.05, 0.1) is 6.04 Å². The maximum absolute atomic E-state index is 11.2. The molecule has 1 saturated carbocycles. The van der Waals surface area contributed by atoms with Gasteiger partial charge in [0.25, 0.3) is 0 Å². The second-order valence-electron chi connectivity index (χ2n) is 3.43. The van der Waals surface area contributed by atoms with E-state index >= 15 is 0 Å². The summed E-state index contributed by atoms with van der Waals surface area (Å²) in [6, 6.07) is 0.455. The molecule has 2 rings (SSSR count). The molecule has 1 atom stereocenters. The van der Waals surface area contributed by atoms with Gasteiger partial charge >= 0.3 is 0 Å². The van der Waals surface area contributed by atoms with Gasteiger partial charge < -0.3 is 4.90 Å². The van der Waals surface area contributed by atoms with E-state index in [1.54, 1.807) is 0 Å².